The number of alkyl halides is 1. The second-order valence-corrected chi connectivity index (χ2v) is 4.50. The van der Waals surface area contributed by atoms with Crippen molar-refractivity contribution >= 4 is 21.7 Å². The molecule has 0 aliphatic rings. The molecule has 1 N–H and O–H groups in total. The van der Waals surface area contributed by atoms with Gasteiger partial charge in [-0.1, -0.05) is 40.2 Å². The highest BCUT2D eigenvalue weighted by Gasteiger charge is 2.11. The molecule has 0 unspecified atom stereocenters. The zero-order valence-corrected chi connectivity index (χ0v) is 11.7. The lowest BCUT2D eigenvalue weighted by Gasteiger charge is -2.13. The maximum Gasteiger partial charge on any atom is 0.146 e. The number of carbonyl (C=O) groups is 1. The monoisotopic (exact) mass is 312 g/mol. The molecule has 3 nitrogen and oxygen atoms in total. The van der Waals surface area contributed by atoms with Crippen LogP contribution in [-0.2, 0) is 11.2 Å². The summed E-state index contributed by atoms with van der Waals surface area (Å²) in [7, 11) is 0. The summed E-state index contributed by atoms with van der Waals surface area (Å²) in [5.41, 5.74) is 1.02. The number of Topliss-reactive ketones (excluding diaryl/α,β-unsaturated/α-hetero) is 1. The van der Waals surface area contributed by atoms with Gasteiger partial charge in [-0.2, -0.15) is 0 Å². The molecule has 1 aromatic carbocycles. The number of hydrogen-bond donors (Lipinski definition) is 1. The van der Waals surface area contributed by atoms with Gasteiger partial charge in [0, 0.05) is 6.42 Å². The molecule has 0 bridgehead atoms. The average molecular weight is 313 g/mol. The second kappa shape index (κ2) is 8.06. The first-order valence-electron chi connectivity index (χ1n) is 5.74. The van der Waals surface area contributed by atoms with Gasteiger partial charge in [0.2, 0.25) is 0 Å². The zero-order valence-electron chi connectivity index (χ0n) is 10.1. The smallest absolute Gasteiger partial charge is 0.146 e. The van der Waals surface area contributed by atoms with Crippen molar-refractivity contribution < 1.29 is 14.6 Å². The van der Waals surface area contributed by atoms with Crippen LogP contribution in [0.3, 0.4) is 0 Å². The minimum Gasteiger partial charge on any atom is -0.491 e. The summed E-state index contributed by atoms with van der Waals surface area (Å²) in [4.78, 5) is 11.1. The summed E-state index contributed by atoms with van der Waals surface area (Å²) in [6.45, 7) is 3.81. The lowest BCUT2D eigenvalue weighted by Crippen LogP contribution is -2.22. The maximum absolute atomic E-state index is 11.1. The Hall–Kier alpha value is -1.13. The fourth-order valence-corrected chi connectivity index (χ4v) is 1.76. The molecule has 1 atom stereocenters. The van der Waals surface area contributed by atoms with E-state index in [0.717, 1.165) is 11.3 Å². The number of benzene rings is 1. The molecular formula is C14H17BrO3. The second-order valence-electron chi connectivity index (χ2n) is 3.94. The third kappa shape index (κ3) is 5.02. The molecule has 0 saturated carbocycles. The molecule has 0 amide bonds. The minimum absolute atomic E-state index is 0.0366. The Labute approximate surface area is 116 Å². The summed E-state index contributed by atoms with van der Waals surface area (Å²) >= 11 is 3.06. The molecule has 0 heterocycles. The lowest BCUT2D eigenvalue weighted by atomic mass is 10.1. The predicted molar refractivity (Wildman–Crippen MR) is 75.3 cm³/mol. The number of aliphatic hydroxyl groups is 1. The molecular weight excluding hydrogens is 296 g/mol. The highest BCUT2D eigenvalue weighted by molar-refractivity contribution is 9.09. The van der Waals surface area contributed by atoms with Crippen LogP contribution in [0.15, 0.2) is 36.9 Å². The van der Waals surface area contributed by atoms with E-state index in [9.17, 15) is 9.90 Å². The Kier molecular flexibility index (Phi) is 6.68. The number of para-hydroxylation sites is 1. The molecule has 0 saturated heterocycles. The largest absolute Gasteiger partial charge is 0.491 e. The van der Waals surface area contributed by atoms with Crippen molar-refractivity contribution in [3.05, 3.63) is 42.5 Å². The predicted octanol–water partition coefficient (Wildman–Crippen LogP) is 2.51. The Morgan fingerprint density at radius 2 is 2.22 bits per heavy atom. The van der Waals surface area contributed by atoms with Crippen LogP contribution >= 0.6 is 15.9 Å². The van der Waals surface area contributed by atoms with E-state index in [1.165, 1.54) is 0 Å². The molecule has 0 aliphatic heterocycles. The lowest BCUT2D eigenvalue weighted by molar-refractivity contribution is -0.118. The fraction of sp³-hybridized carbons (Fsp3) is 0.357. The van der Waals surface area contributed by atoms with Crippen LogP contribution in [0, 0.1) is 0 Å². The number of ether oxygens (including phenoxy) is 1. The van der Waals surface area contributed by atoms with Crippen LogP contribution in [0.2, 0.25) is 0 Å². The molecule has 1 rings (SSSR count). The number of rotatable bonds is 8. The van der Waals surface area contributed by atoms with Crippen molar-refractivity contribution in [3.8, 4) is 5.75 Å². The zero-order chi connectivity index (χ0) is 13.4. The van der Waals surface area contributed by atoms with Crippen LogP contribution in [0.4, 0.5) is 0 Å². The molecule has 0 fully saturated rings. The van der Waals surface area contributed by atoms with Gasteiger partial charge in [0.25, 0.3) is 0 Å². The van der Waals surface area contributed by atoms with E-state index >= 15 is 0 Å². The molecule has 0 aromatic heterocycles. The highest BCUT2D eigenvalue weighted by Crippen LogP contribution is 2.19. The van der Waals surface area contributed by atoms with Gasteiger partial charge >= 0.3 is 0 Å². The Bertz CT molecular complexity index is 404. The van der Waals surface area contributed by atoms with Gasteiger partial charge in [0.1, 0.15) is 18.1 Å². The van der Waals surface area contributed by atoms with Crippen molar-refractivity contribution in [1.82, 2.24) is 0 Å². The van der Waals surface area contributed by atoms with Crippen molar-refractivity contribution in [3.63, 3.8) is 0 Å². The van der Waals surface area contributed by atoms with E-state index in [4.69, 9.17) is 4.74 Å². The quantitative estimate of drug-likeness (QED) is 0.592. The van der Waals surface area contributed by atoms with Crippen molar-refractivity contribution in [1.29, 1.82) is 0 Å². The number of hydrogen-bond acceptors (Lipinski definition) is 3. The van der Waals surface area contributed by atoms with E-state index in [2.05, 4.69) is 22.5 Å². The SMILES string of the molecule is C=CCc1ccccc1OC[C@H](O)CC(=O)CBr. The third-order valence-corrected chi connectivity index (χ3v) is 3.01. The molecule has 0 aliphatic carbocycles. The highest BCUT2D eigenvalue weighted by atomic mass is 79.9. The average Bonchev–Trinajstić information content (AvgIpc) is 2.38. The number of ketones is 1. The van der Waals surface area contributed by atoms with Gasteiger partial charge in [0.05, 0.1) is 11.4 Å². The Morgan fingerprint density at radius 3 is 2.89 bits per heavy atom. The maximum atomic E-state index is 11.1. The van der Waals surface area contributed by atoms with E-state index < -0.39 is 6.10 Å². The van der Waals surface area contributed by atoms with Gasteiger partial charge < -0.3 is 9.84 Å². The minimum atomic E-state index is -0.771. The summed E-state index contributed by atoms with van der Waals surface area (Å²) in [6, 6.07) is 7.60. The fourth-order valence-electron chi connectivity index (χ4n) is 1.53. The third-order valence-electron chi connectivity index (χ3n) is 2.38. The summed E-state index contributed by atoms with van der Waals surface area (Å²) in [5, 5.41) is 9.91. The number of halogens is 1. The van der Waals surface area contributed by atoms with E-state index in [-0.39, 0.29) is 24.1 Å². The van der Waals surface area contributed by atoms with E-state index in [1.807, 2.05) is 24.3 Å². The van der Waals surface area contributed by atoms with Gasteiger partial charge in [-0.3, -0.25) is 4.79 Å². The molecule has 98 valence electrons. The van der Waals surface area contributed by atoms with Gasteiger partial charge in [-0.15, -0.1) is 6.58 Å². The summed E-state index contributed by atoms with van der Waals surface area (Å²) < 4.78 is 5.53. The Morgan fingerprint density at radius 1 is 1.50 bits per heavy atom. The van der Waals surface area contributed by atoms with Crippen LogP contribution in [0.1, 0.15) is 12.0 Å². The van der Waals surface area contributed by atoms with Gasteiger partial charge in [0.15, 0.2) is 0 Å². The summed E-state index contributed by atoms with van der Waals surface area (Å²) in [6.07, 6.45) is 1.85. The van der Waals surface area contributed by atoms with Crippen LogP contribution in [-0.4, -0.2) is 28.9 Å². The van der Waals surface area contributed by atoms with Crippen LogP contribution in [0.5, 0.6) is 5.75 Å². The van der Waals surface area contributed by atoms with Crippen molar-refractivity contribution in [2.24, 2.45) is 0 Å². The van der Waals surface area contributed by atoms with E-state index in [1.54, 1.807) is 6.08 Å². The summed E-state index contributed by atoms with van der Waals surface area (Å²) in [5.74, 6) is 0.688. The number of aliphatic hydroxyl groups excluding tert-OH is 1. The van der Waals surface area contributed by atoms with Crippen LogP contribution < -0.4 is 4.74 Å². The molecule has 0 radical (unpaired) electrons. The Balaban J connectivity index is 2.52. The molecule has 0 spiro atoms. The standard InChI is InChI=1S/C14H17BrO3/c1-2-5-11-6-3-4-7-14(11)18-10-13(17)8-12(16)9-15/h2-4,6-7,13,17H,1,5,8-10H2/t13-/m1/s1. The first-order chi connectivity index (χ1) is 8.67. The molecule has 18 heavy (non-hydrogen) atoms. The van der Waals surface area contributed by atoms with Gasteiger partial charge in [-0.05, 0) is 18.1 Å². The normalized spacial score (nSPS) is 11.9. The van der Waals surface area contributed by atoms with Gasteiger partial charge in [-0.25, -0.2) is 0 Å². The molecule has 4 heteroatoms. The number of allylic oxidation sites excluding steroid dienone is 1. The van der Waals surface area contributed by atoms with E-state index in [0.29, 0.717) is 6.42 Å². The first-order valence-corrected chi connectivity index (χ1v) is 6.86. The topological polar surface area (TPSA) is 46.5 Å². The number of carbonyl (C=O) groups excluding carboxylic acids is 1. The van der Waals surface area contributed by atoms with Crippen LogP contribution in [0.25, 0.3) is 0 Å². The van der Waals surface area contributed by atoms with Crippen molar-refractivity contribution in [2.75, 3.05) is 11.9 Å². The molecule has 1 aromatic rings. The van der Waals surface area contributed by atoms with Crippen molar-refractivity contribution in [2.45, 2.75) is 18.9 Å². The first kappa shape index (κ1) is 14.9.